The summed E-state index contributed by atoms with van der Waals surface area (Å²) in [6.07, 6.45) is -0.874. The van der Waals surface area contributed by atoms with Crippen LogP contribution in [0.3, 0.4) is 0 Å². The highest BCUT2D eigenvalue weighted by molar-refractivity contribution is 7.80. The fourth-order valence-corrected chi connectivity index (χ4v) is 5.58. The molecule has 2 fully saturated rings. The number of carbonyl (C=O) groups is 1. The van der Waals surface area contributed by atoms with Gasteiger partial charge in [0.25, 0.3) is 11.1 Å². The Balaban J connectivity index is 1.50. The lowest BCUT2D eigenvalue weighted by molar-refractivity contribution is -0.137. The van der Waals surface area contributed by atoms with Crippen molar-refractivity contribution in [2.75, 3.05) is 50.8 Å². The van der Waals surface area contributed by atoms with E-state index in [1.54, 1.807) is 24.8 Å². The molecule has 2 aliphatic heterocycles. The number of halogens is 3. The van der Waals surface area contributed by atoms with Crippen LogP contribution in [0.2, 0.25) is 0 Å². The molecule has 1 aromatic rings. The maximum Gasteiger partial charge on any atom is 0.417 e. The zero-order valence-corrected chi connectivity index (χ0v) is 23.6. The quantitative estimate of drug-likeness (QED) is 0.311. The minimum Gasteiger partial charge on any atom is -0.471 e. The van der Waals surface area contributed by atoms with Gasteiger partial charge in [-0.15, -0.1) is 0 Å². The first-order valence-electron chi connectivity index (χ1n) is 12.8. The number of carbonyl (C=O) groups excluding carboxylic acids is 1. The number of thiocarbonyl (C=S) groups is 2. The smallest absolute Gasteiger partial charge is 0.417 e. The first kappa shape index (κ1) is 30.1. The van der Waals surface area contributed by atoms with Gasteiger partial charge in [0.15, 0.2) is 5.11 Å². The summed E-state index contributed by atoms with van der Waals surface area (Å²) in [5.41, 5.74) is -2.54. The van der Waals surface area contributed by atoms with Gasteiger partial charge < -0.3 is 14.5 Å². The van der Waals surface area contributed by atoms with Crippen LogP contribution in [0.15, 0.2) is 18.2 Å². The SMILES string of the molecule is CCOC(=S)N1CCN(CCCCCCN2C(=S)N(c3ccc(C#N)c(C(F)(F)F)c3)C(=O)C2(C)C)CC1. The molecule has 0 radical (unpaired) electrons. The summed E-state index contributed by atoms with van der Waals surface area (Å²) in [7, 11) is 0. The Kier molecular flexibility index (Phi) is 9.95. The van der Waals surface area contributed by atoms with Crippen molar-refractivity contribution < 1.29 is 22.7 Å². The highest BCUT2D eigenvalue weighted by atomic mass is 32.1. The highest BCUT2D eigenvalue weighted by Crippen LogP contribution is 2.38. The van der Waals surface area contributed by atoms with Gasteiger partial charge in [0.2, 0.25) is 0 Å². The van der Waals surface area contributed by atoms with Crippen LogP contribution in [0.5, 0.6) is 0 Å². The molecule has 2 saturated heterocycles. The zero-order valence-electron chi connectivity index (χ0n) is 22.0. The Morgan fingerprint density at radius 3 is 2.32 bits per heavy atom. The Bertz CT molecular complexity index is 1080. The molecule has 0 atom stereocenters. The maximum absolute atomic E-state index is 13.5. The van der Waals surface area contributed by atoms with E-state index < -0.39 is 22.8 Å². The van der Waals surface area contributed by atoms with E-state index >= 15 is 0 Å². The summed E-state index contributed by atoms with van der Waals surface area (Å²) in [6.45, 7) is 11.2. The Labute approximate surface area is 233 Å². The fourth-order valence-electron chi connectivity index (χ4n) is 4.77. The number of alkyl halides is 3. The molecule has 208 valence electrons. The van der Waals surface area contributed by atoms with E-state index in [0.717, 1.165) is 75.4 Å². The van der Waals surface area contributed by atoms with Gasteiger partial charge in [-0.25, -0.2) is 0 Å². The third-order valence-corrected chi connectivity index (χ3v) is 7.79. The molecule has 0 aliphatic carbocycles. The second-order valence-electron chi connectivity index (χ2n) is 9.92. The molecule has 0 bridgehead atoms. The van der Waals surface area contributed by atoms with Crippen LogP contribution < -0.4 is 4.90 Å². The average molecular weight is 570 g/mol. The molecule has 0 aromatic heterocycles. The second kappa shape index (κ2) is 12.6. The van der Waals surface area contributed by atoms with Crippen molar-refractivity contribution >= 4 is 46.3 Å². The van der Waals surface area contributed by atoms with E-state index in [9.17, 15) is 18.0 Å². The Morgan fingerprint density at radius 1 is 1.11 bits per heavy atom. The molecule has 1 aromatic carbocycles. The highest BCUT2D eigenvalue weighted by Gasteiger charge is 2.49. The number of hydrogen-bond donors (Lipinski definition) is 0. The van der Waals surface area contributed by atoms with E-state index in [0.29, 0.717) is 18.3 Å². The predicted octanol–water partition coefficient (Wildman–Crippen LogP) is 4.79. The number of unbranched alkanes of at least 4 members (excludes halogenated alkanes) is 3. The Hall–Kier alpha value is -2.49. The van der Waals surface area contributed by atoms with Crippen LogP contribution in [0, 0.1) is 11.3 Å². The number of ether oxygens (including phenoxy) is 1. The van der Waals surface area contributed by atoms with Gasteiger partial charge in [-0.1, -0.05) is 12.8 Å². The first-order chi connectivity index (χ1) is 17.9. The van der Waals surface area contributed by atoms with Crippen LogP contribution in [0.1, 0.15) is 57.6 Å². The number of nitrogens with zero attached hydrogens (tertiary/aromatic N) is 5. The maximum atomic E-state index is 13.5. The van der Waals surface area contributed by atoms with Gasteiger partial charge in [-0.2, -0.15) is 18.4 Å². The number of nitriles is 1. The molecule has 0 unspecified atom stereocenters. The molecule has 2 aliphatic rings. The van der Waals surface area contributed by atoms with Crippen molar-refractivity contribution in [1.29, 1.82) is 5.26 Å². The predicted molar refractivity (Wildman–Crippen MR) is 148 cm³/mol. The number of piperazine rings is 1. The second-order valence-corrected chi connectivity index (χ2v) is 10.6. The molecule has 7 nitrogen and oxygen atoms in total. The lowest BCUT2D eigenvalue weighted by Gasteiger charge is -2.35. The summed E-state index contributed by atoms with van der Waals surface area (Å²) in [5.74, 6) is -0.386. The van der Waals surface area contributed by atoms with Crippen molar-refractivity contribution in [3.8, 4) is 6.07 Å². The van der Waals surface area contributed by atoms with Crippen molar-refractivity contribution in [1.82, 2.24) is 14.7 Å². The van der Waals surface area contributed by atoms with E-state index in [4.69, 9.17) is 34.4 Å². The summed E-state index contributed by atoms with van der Waals surface area (Å²) in [4.78, 5) is 20.7. The lowest BCUT2D eigenvalue weighted by Crippen LogP contribution is -2.48. The molecule has 2 heterocycles. The van der Waals surface area contributed by atoms with Gasteiger partial charge in [0, 0.05) is 32.7 Å². The fraction of sp³-hybridized carbons (Fsp3) is 0.615. The van der Waals surface area contributed by atoms with Crippen LogP contribution >= 0.6 is 24.4 Å². The molecule has 0 saturated carbocycles. The summed E-state index contributed by atoms with van der Waals surface area (Å²) < 4.78 is 45.8. The normalized spacial score (nSPS) is 18.2. The molecule has 12 heteroatoms. The van der Waals surface area contributed by atoms with Gasteiger partial charge >= 0.3 is 6.18 Å². The van der Waals surface area contributed by atoms with Crippen LogP contribution in [-0.4, -0.2) is 82.3 Å². The number of amides is 1. The van der Waals surface area contributed by atoms with E-state index in [2.05, 4.69) is 9.80 Å². The van der Waals surface area contributed by atoms with Gasteiger partial charge in [0.05, 0.1) is 29.5 Å². The summed E-state index contributed by atoms with van der Waals surface area (Å²) >= 11 is 10.8. The van der Waals surface area contributed by atoms with Crippen LogP contribution in [-0.2, 0) is 15.7 Å². The molecule has 3 rings (SSSR count). The van der Waals surface area contributed by atoms with E-state index in [1.165, 1.54) is 6.07 Å². The topological polar surface area (TPSA) is 63.1 Å². The third-order valence-electron chi connectivity index (χ3n) is 7.02. The summed E-state index contributed by atoms with van der Waals surface area (Å²) in [5, 5.41) is 9.83. The van der Waals surface area contributed by atoms with Gasteiger partial charge in [-0.05, 0) is 82.8 Å². The van der Waals surface area contributed by atoms with Crippen molar-refractivity contribution in [3.05, 3.63) is 29.3 Å². The van der Waals surface area contributed by atoms with E-state index in [-0.39, 0.29) is 16.7 Å². The lowest BCUT2D eigenvalue weighted by atomic mass is 10.0. The molecule has 1 amide bonds. The number of anilines is 1. The first-order valence-corrected chi connectivity index (χ1v) is 13.6. The van der Waals surface area contributed by atoms with E-state index in [1.807, 2.05) is 6.92 Å². The van der Waals surface area contributed by atoms with Crippen molar-refractivity contribution in [2.24, 2.45) is 0 Å². The minimum atomic E-state index is -4.72. The average Bonchev–Trinajstić information content (AvgIpc) is 3.04. The molecule has 38 heavy (non-hydrogen) atoms. The minimum absolute atomic E-state index is 0.0176. The van der Waals surface area contributed by atoms with Crippen LogP contribution in [0.4, 0.5) is 18.9 Å². The third kappa shape index (κ3) is 6.74. The monoisotopic (exact) mass is 569 g/mol. The number of rotatable bonds is 9. The molecule has 0 spiro atoms. The molecular formula is C26H34F3N5O2S2. The Morgan fingerprint density at radius 2 is 1.74 bits per heavy atom. The van der Waals surface area contributed by atoms with Crippen molar-refractivity contribution in [3.63, 3.8) is 0 Å². The summed E-state index contributed by atoms with van der Waals surface area (Å²) in [6, 6.07) is 4.80. The largest absolute Gasteiger partial charge is 0.471 e. The number of hydrogen-bond acceptors (Lipinski definition) is 6. The standard InChI is InChI=1S/C26H34F3N5O2S2/c1-4-36-24(38)32-15-13-31(14-16-32)11-7-5-6-8-12-33-23(37)34(22(35)25(33,2)3)20-10-9-19(18-30)21(17-20)26(27,28)29/h9-10,17H,4-8,11-16H2,1-3H3. The molecular weight excluding hydrogens is 535 g/mol. The number of benzene rings is 1. The molecule has 0 N–H and O–H groups in total. The zero-order chi connectivity index (χ0) is 28.1. The van der Waals surface area contributed by atoms with Crippen molar-refractivity contribution in [2.45, 2.75) is 58.2 Å². The van der Waals surface area contributed by atoms with Gasteiger partial charge in [0.1, 0.15) is 5.54 Å². The van der Waals surface area contributed by atoms with Crippen LogP contribution in [0.25, 0.3) is 0 Å². The van der Waals surface area contributed by atoms with Gasteiger partial charge in [-0.3, -0.25) is 14.6 Å².